The Hall–Kier alpha value is -2.70. The van der Waals surface area contributed by atoms with Gasteiger partial charge in [0.05, 0.1) is 23.0 Å². The summed E-state index contributed by atoms with van der Waals surface area (Å²) in [5, 5.41) is 3.78. The van der Waals surface area contributed by atoms with Crippen LogP contribution in [-0.2, 0) is 4.79 Å². The molecule has 7 nitrogen and oxygen atoms in total. The molecule has 0 bridgehead atoms. The molecule has 0 N–H and O–H groups in total. The Morgan fingerprint density at radius 3 is 2.92 bits per heavy atom. The third-order valence-corrected chi connectivity index (χ3v) is 5.31. The summed E-state index contributed by atoms with van der Waals surface area (Å²) < 4.78 is 4.89. The average Bonchev–Trinajstić information content (AvgIpc) is 3.20. The molecule has 7 heteroatoms. The van der Waals surface area contributed by atoms with Crippen LogP contribution in [0.1, 0.15) is 35.3 Å². The van der Waals surface area contributed by atoms with Crippen LogP contribution in [0.5, 0.6) is 0 Å². The minimum Gasteiger partial charge on any atom is -0.364 e. The highest BCUT2D eigenvalue weighted by atomic mass is 16.5. The first-order valence-corrected chi connectivity index (χ1v) is 8.53. The van der Waals surface area contributed by atoms with E-state index in [0.717, 1.165) is 24.9 Å². The van der Waals surface area contributed by atoms with Crippen molar-refractivity contribution in [3.8, 4) is 0 Å². The van der Waals surface area contributed by atoms with Crippen molar-refractivity contribution in [3.05, 3.63) is 42.0 Å². The van der Waals surface area contributed by atoms with E-state index >= 15 is 0 Å². The van der Waals surface area contributed by atoms with Crippen molar-refractivity contribution in [1.82, 2.24) is 15.0 Å². The molecule has 0 unspecified atom stereocenters. The van der Waals surface area contributed by atoms with E-state index in [1.807, 2.05) is 12.1 Å². The Labute approximate surface area is 145 Å². The fraction of sp³-hybridized carbons (Fsp3) is 0.444. The summed E-state index contributed by atoms with van der Waals surface area (Å²) in [5.74, 6) is -0.00880. The normalized spacial score (nSPS) is 23.5. The molecule has 0 radical (unpaired) electrons. The maximum absolute atomic E-state index is 13.1. The van der Waals surface area contributed by atoms with Crippen molar-refractivity contribution in [2.75, 3.05) is 24.5 Å². The van der Waals surface area contributed by atoms with Crippen molar-refractivity contribution in [2.24, 2.45) is 5.41 Å². The van der Waals surface area contributed by atoms with Crippen molar-refractivity contribution >= 4 is 17.5 Å². The molecule has 0 saturated carbocycles. The number of hydrogen-bond donors (Lipinski definition) is 0. The second-order valence-electron chi connectivity index (χ2n) is 6.84. The molecule has 2 aliphatic heterocycles. The first-order valence-electron chi connectivity index (χ1n) is 8.53. The number of amides is 2. The molecule has 2 aromatic heterocycles. The van der Waals surface area contributed by atoms with Gasteiger partial charge in [0, 0.05) is 25.8 Å². The Kier molecular flexibility index (Phi) is 3.78. The number of aromatic nitrogens is 2. The highest BCUT2D eigenvalue weighted by molar-refractivity contribution is 6.01. The summed E-state index contributed by atoms with van der Waals surface area (Å²) in [6.07, 6.45) is 7.19. The van der Waals surface area contributed by atoms with Crippen LogP contribution in [0.15, 0.2) is 35.3 Å². The zero-order chi connectivity index (χ0) is 17.4. The Morgan fingerprint density at radius 1 is 1.32 bits per heavy atom. The summed E-state index contributed by atoms with van der Waals surface area (Å²) >= 11 is 0. The SMILES string of the molecule is Cc1nocc1C(=O)N1CCC[C@@]2(CCN(c3cccnc3)C2=O)C1. The van der Waals surface area contributed by atoms with Crippen LogP contribution < -0.4 is 4.90 Å². The average molecular weight is 340 g/mol. The van der Waals surface area contributed by atoms with E-state index < -0.39 is 5.41 Å². The predicted octanol–water partition coefficient (Wildman–Crippen LogP) is 2.04. The van der Waals surface area contributed by atoms with Gasteiger partial charge in [0.1, 0.15) is 11.8 Å². The van der Waals surface area contributed by atoms with Gasteiger partial charge >= 0.3 is 0 Å². The molecule has 1 atom stereocenters. The maximum Gasteiger partial charge on any atom is 0.259 e. The van der Waals surface area contributed by atoms with Crippen molar-refractivity contribution < 1.29 is 14.1 Å². The lowest BCUT2D eigenvalue weighted by Crippen LogP contribution is -2.50. The van der Waals surface area contributed by atoms with Crippen molar-refractivity contribution in [3.63, 3.8) is 0 Å². The molecule has 1 spiro atoms. The van der Waals surface area contributed by atoms with Crippen molar-refractivity contribution in [2.45, 2.75) is 26.2 Å². The zero-order valence-electron chi connectivity index (χ0n) is 14.1. The van der Waals surface area contributed by atoms with E-state index in [2.05, 4.69) is 10.1 Å². The molecule has 4 rings (SSSR count). The van der Waals surface area contributed by atoms with Crippen LogP contribution in [0.25, 0.3) is 0 Å². The lowest BCUT2D eigenvalue weighted by atomic mass is 9.78. The van der Waals surface area contributed by atoms with Gasteiger partial charge in [0.2, 0.25) is 5.91 Å². The summed E-state index contributed by atoms with van der Waals surface area (Å²) in [6, 6.07) is 3.73. The minimum atomic E-state index is -0.491. The fourth-order valence-corrected chi connectivity index (χ4v) is 3.93. The monoisotopic (exact) mass is 340 g/mol. The second-order valence-corrected chi connectivity index (χ2v) is 6.84. The van der Waals surface area contributed by atoms with Crippen LogP contribution in [0.4, 0.5) is 5.69 Å². The second kappa shape index (κ2) is 5.98. The number of piperidine rings is 1. The quantitative estimate of drug-likeness (QED) is 0.836. The molecule has 0 aliphatic carbocycles. The van der Waals surface area contributed by atoms with E-state index in [1.54, 1.807) is 29.1 Å². The van der Waals surface area contributed by atoms with Gasteiger partial charge in [-0.15, -0.1) is 0 Å². The molecule has 2 aliphatic rings. The number of likely N-dealkylation sites (tertiary alicyclic amines) is 1. The summed E-state index contributed by atoms with van der Waals surface area (Å²) in [4.78, 5) is 33.6. The van der Waals surface area contributed by atoms with E-state index in [9.17, 15) is 9.59 Å². The van der Waals surface area contributed by atoms with Crippen LogP contribution in [0.3, 0.4) is 0 Å². The maximum atomic E-state index is 13.1. The number of pyridine rings is 1. The van der Waals surface area contributed by atoms with Gasteiger partial charge in [0.25, 0.3) is 5.91 Å². The van der Waals surface area contributed by atoms with Crippen molar-refractivity contribution in [1.29, 1.82) is 0 Å². The number of hydrogen-bond acceptors (Lipinski definition) is 5. The Morgan fingerprint density at radius 2 is 2.20 bits per heavy atom. The Balaban J connectivity index is 1.56. The molecule has 2 aromatic rings. The molecule has 2 fully saturated rings. The number of nitrogens with zero attached hydrogens (tertiary/aromatic N) is 4. The third-order valence-electron chi connectivity index (χ3n) is 5.31. The number of anilines is 1. The van der Waals surface area contributed by atoms with Gasteiger partial charge in [-0.1, -0.05) is 5.16 Å². The first-order chi connectivity index (χ1) is 12.1. The van der Waals surface area contributed by atoms with Crippen LogP contribution in [0.2, 0.25) is 0 Å². The number of carbonyl (C=O) groups is 2. The number of rotatable bonds is 2. The fourth-order valence-electron chi connectivity index (χ4n) is 3.93. The van der Waals surface area contributed by atoms with Gasteiger partial charge in [-0.25, -0.2) is 0 Å². The number of aryl methyl sites for hydroxylation is 1. The van der Waals surface area contributed by atoms with Gasteiger partial charge in [-0.3, -0.25) is 14.6 Å². The molecule has 25 heavy (non-hydrogen) atoms. The summed E-state index contributed by atoms with van der Waals surface area (Å²) in [7, 11) is 0. The number of carbonyl (C=O) groups excluding carboxylic acids is 2. The minimum absolute atomic E-state index is 0.0973. The van der Waals surface area contributed by atoms with Crippen LogP contribution >= 0.6 is 0 Å². The zero-order valence-corrected chi connectivity index (χ0v) is 14.1. The molecule has 0 aromatic carbocycles. The van der Waals surface area contributed by atoms with Crippen LogP contribution in [-0.4, -0.2) is 46.5 Å². The lowest BCUT2D eigenvalue weighted by Gasteiger charge is -2.38. The molecular weight excluding hydrogens is 320 g/mol. The smallest absolute Gasteiger partial charge is 0.259 e. The lowest BCUT2D eigenvalue weighted by molar-refractivity contribution is -0.127. The van der Waals surface area contributed by atoms with Gasteiger partial charge in [-0.2, -0.15) is 0 Å². The van der Waals surface area contributed by atoms with Gasteiger partial charge < -0.3 is 14.3 Å². The van der Waals surface area contributed by atoms with Gasteiger partial charge in [0.15, 0.2) is 0 Å². The molecular formula is C18H20N4O3. The Bertz CT molecular complexity index is 804. The third kappa shape index (κ3) is 2.59. The topological polar surface area (TPSA) is 79.5 Å². The van der Waals surface area contributed by atoms with E-state index in [-0.39, 0.29) is 11.8 Å². The highest BCUT2D eigenvalue weighted by Crippen LogP contribution is 2.42. The first kappa shape index (κ1) is 15.8. The van der Waals surface area contributed by atoms with E-state index in [1.165, 1.54) is 6.26 Å². The molecule has 2 amide bonds. The molecule has 2 saturated heterocycles. The van der Waals surface area contributed by atoms with Crippen LogP contribution in [0, 0.1) is 12.3 Å². The summed E-state index contributed by atoms with van der Waals surface area (Å²) in [5.41, 5.74) is 1.39. The standard InChI is InChI=1S/C18H20N4O3/c1-13-15(11-25-20-13)16(23)21-8-3-5-18(12-21)6-9-22(17(18)24)14-4-2-7-19-10-14/h2,4,7,10-11H,3,5-6,8-9,12H2,1H3/t18-/m1/s1. The highest BCUT2D eigenvalue weighted by Gasteiger charge is 2.50. The molecule has 130 valence electrons. The summed E-state index contributed by atoms with van der Waals surface area (Å²) in [6.45, 7) is 3.53. The van der Waals surface area contributed by atoms with Gasteiger partial charge in [-0.05, 0) is 38.3 Å². The predicted molar refractivity (Wildman–Crippen MR) is 90.0 cm³/mol. The van der Waals surface area contributed by atoms with E-state index in [4.69, 9.17) is 4.52 Å². The largest absolute Gasteiger partial charge is 0.364 e. The van der Waals surface area contributed by atoms with E-state index in [0.29, 0.717) is 30.9 Å². The molecule has 4 heterocycles.